The number of ether oxygens (including phenoxy) is 3. The van der Waals surface area contributed by atoms with E-state index < -0.39 is 64.4 Å². The van der Waals surface area contributed by atoms with E-state index in [1.165, 1.54) is 0 Å². The molecule has 0 aromatic heterocycles. The summed E-state index contributed by atoms with van der Waals surface area (Å²) in [6.45, 7) is 4.07. The Morgan fingerprint density at radius 1 is 0.368 bits per heavy atom. The van der Waals surface area contributed by atoms with E-state index in [4.69, 9.17) is 23.3 Å². The first-order chi connectivity index (χ1) is 37.2. The third kappa shape index (κ3) is 53.7. The highest BCUT2D eigenvalue weighted by Gasteiger charge is 2.28. The fraction of sp³-hybridized carbons (Fsp3) is 0.516. The van der Waals surface area contributed by atoms with Crippen LogP contribution in [0.4, 0.5) is 0 Å². The van der Waals surface area contributed by atoms with Crippen LogP contribution in [0.25, 0.3) is 0 Å². The Kier molecular flexibility index (Phi) is 52.2. The zero-order valence-electron chi connectivity index (χ0n) is 46.6. The summed E-state index contributed by atoms with van der Waals surface area (Å²) in [4.78, 5) is 48.4. The van der Waals surface area contributed by atoms with Crippen molar-refractivity contribution in [1.29, 1.82) is 0 Å². The van der Waals surface area contributed by atoms with Gasteiger partial charge in [0.1, 0.15) is 12.7 Å². The van der Waals surface area contributed by atoms with Crippen LogP contribution in [0.15, 0.2) is 170 Å². The van der Waals surface area contributed by atoms with Crippen LogP contribution in [0.2, 0.25) is 0 Å². The molecule has 0 aliphatic rings. The fourth-order valence-electron chi connectivity index (χ4n) is 6.49. The summed E-state index contributed by atoms with van der Waals surface area (Å²) in [5, 5.41) is 9.80. The Hall–Kier alpha value is -5.16. The van der Waals surface area contributed by atoms with Crippen molar-refractivity contribution in [1.82, 2.24) is 0 Å². The van der Waals surface area contributed by atoms with Gasteiger partial charge in [0.05, 0.1) is 19.8 Å². The lowest BCUT2D eigenvalue weighted by molar-refractivity contribution is -0.161. The van der Waals surface area contributed by atoms with Gasteiger partial charge in [-0.25, -0.2) is 4.57 Å². The van der Waals surface area contributed by atoms with Crippen molar-refractivity contribution >= 4 is 25.7 Å². The van der Waals surface area contributed by atoms with Crippen molar-refractivity contribution in [3.8, 4) is 0 Å². The Morgan fingerprint density at radius 3 is 1.07 bits per heavy atom. The van der Waals surface area contributed by atoms with Gasteiger partial charge in [-0.1, -0.05) is 197 Å². The van der Waals surface area contributed by atoms with E-state index in [1.807, 2.05) is 24.3 Å². The smallest absolute Gasteiger partial charge is 0.462 e. The van der Waals surface area contributed by atoms with Gasteiger partial charge >= 0.3 is 25.7 Å². The van der Waals surface area contributed by atoms with Gasteiger partial charge < -0.3 is 24.2 Å². The number of aliphatic hydroxyl groups excluding tert-OH is 1. The predicted molar refractivity (Wildman–Crippen MR) is 315 cm³/mol. The van der Waals surface area contributed by atoms with E-state index in [0.29, 0.717) is 25.7 Å². The summed E-state index contributed by atoms with van der Waals surface area (Å²) < 4.78 is 39.3. The molecular formula is C64H97O11P. The Balaban J connectivity index is 4.93. The fourth-order valence-corrected chi connectivity index (χ4v) is 7.27. The first kappa shape index (κ1) is 70.8. The van der Waals surface area contributed by atoms with Gasteiger partial charge in [-0.3, -0.25) is 23.4 Å². The highest BCUT2D eigenvalue weighted by Crippen LogP contribution is 2.43. The maximum Gasteiger partial charge on any atom is 0.472 e. The van der Waals surface area contributed by atoms with Gasteiger partial charge in [0.2, 0.25) is 0 Å². The van der Waals surface area contributed by atoms with Gasteiger partial charge in [-0.05, 0) is 128 Å². The number of phosphoric ester groups is 1. The summed E-state index contributed by atoms with van der Waals surface area (Å²) in [5.41, 5.74) is 0. The van der Waals surface area contributed by atoms with Crippen LogP contribution >= 0.6 is 7.82 Å². The van der Waals surface area contributed by atoms with Crippen LogP contribution in [-0.4, -0.2) is 66.5 Å². The van der Waals surface area contributed by atoms with Crippen LogP contribution in [-0.2, 0) is 42.2 Å². The second-order valence-electron chi connectivity index (χ2n) is 17.6. The van der Waals surface area contributed by atoms with E-state index in [1.54, 1.807) is 0 Å². The SMILES string of the molecule is CC/C=C\C/C=C\C/C=C\C/C=C\C/C=C\CCCCCC(=O)OC(COC(=O)CC/C=C\C/C=C\C/C=C\C/C=C\CC)COP(=O)(O)OCC(CO)OC(=O)CCC/C=C\C/C=C\C/C=C\C/C=C\C/C=C\CC. The maximum absolute atomic E-state index is 12.9. The lowest BCUT2D eigenvalue weighted by atomic mass is 10.1. The maximum atomic E-state index is 12.9. The Morgan fingerprint density at radius 2 is 0.684 bits per heavy atom. The number of esters is 3. The van der Waals surface area contributed by atoms with Crippen molar-refractivity contribution in [2.45, 2.75) is 187 Å². The standard InChI is InChI=1S/C64H97O11P/c1-4-7-10-13-16-19-22-25-27-29-30-32-34-37-40-43-46-49-52-55-64(68)75-61(57-71-62(66)53-50-47-44-41-38-35-24-21-18-15-12-9-6-3)59-73-76(69,70)72-58-60(56-65)74-63(67)54-51-48-45-42-39-36-33-31-28-26-23-20-17-14-11-8-5-2/h7-12,16-21,25-28,30,32-33,35-38,40,42,44-45,47,60-61,65H,4-6,13-15,22-24,29,31,34,39,41,43,46,48-59H2,1-3H3,(H,69,70)/b10-7-,11-8-,12-9-,19-16-,20-17-,21-18-,27-25-,28-26-,32-30-,36-33-,38-35-,40-37-,45-42-,47-44-. The molecule has 3 unspecified atom stereocenters. The van der Waals surface area contributed by atoms with Crippen LogP contribution in [0.5, 0.6) is 0 Å². The third-order valence-corrected chi connectivity index (χ3v) is 11.6. The van der Waals surface area contributed by atoms with Crippen molar-refractivity contribution in [2.75, 3.05) is 26.4 Å². The monoisotopic (exact) mass is 1070 g/mol. The van der Waals surface area contributed by atoms with Gasteiger partial charge in [-0.15, -0.1) is 0 Å². The summed E-state index contributed by atoms with van der Waals surface area (Å²) in [6, 6.07) is 0. The van der Waals surface area contributed by atoms with Crippen LogP contribution in [0, 0.1) is 0 Å². The zero-order chi connectivity index (χ0) is 55.5. The van der Waals surface area contributed by atoms with E-state index in [-0.39, 0.29) is 19.3 Å². The molecule has 0 amide bonds. The van der Waals surface area contributed by atoms with Gasteiger partial charge in [0.25, 0.3) is 0 Å². The molecule has 0 aromatic rings. The van der Waals surface area contributed by atoms with Gasteiger partial charge in [0.15, 0.2) is 6.10 Å². The average molecular weight is 1070 g/mol. The van der Waals surface area contributed by atoms with E-state index in [0.717, 1.165) is 109 Å². The molecule has 3 atom stereocenters. The van der Waals surface area contributed by atoms with Crippen molar-refractivity contribution in [3.05, 3.63) is 170 Å². The predicted octanol–water partition coefficient (Wildman–Crippen LogP) is 16.7. The molecule has 0 saturated heterocycles. The molecule has 76 heavy (non-hydrogen) atoms. The molecule has 0 aliphatic carbocycles. The lowest BCUT2D eigenvalue weighted by Gasteiger charge is -2.21. The molecule has 0 fully saturated rings. The second-order valence-corrected chi connectivity index (χ2v) is 19.1. The number of unbranched alkanes of at least 4 members (excludes halogenated alkanes) is 4. The van der Waals surface area contributed by atoms with E-state index in [9.17, 15) is 28.9 Å². The molecule has 0 bridgehead atoms. The lowest BCUT2D eigenvalue weighted by Crippen LogP contribution is -2.30. The average Bonchev–Trinajstić information content (AvgIpc) is 3.41. The molecule has 0 radical (unpaired) electrons. The largest absolute Gasteiger partial charge is 0.472 e. The van der Waals surface area contributed by atoms with E-state index >= 15 is 0 Å². The molecule has 0 spiro atoms. The molecule has 424 valence electrons. The minimum Gasteiger partial charge on any atom is -0.462 e. The van der Waals surface area contributed by atoms with Gasteiger partial charge in [-0.2, -0.15) is 0 Å². The van der Waals surface area contributed by atoms with Crippen molar-refractivity contribution < 1.29 is 52.2 Å². The third-order valence-electron chi connectivity index (χ3n) is 10.6. The molecule has 0 heterocycles. The van der Waals surface area contributed by atoms with Crippen LogP contribution in [0.1, 0.15) is 175 Å². The molecule has 2 N–H and O–H groups in total. The van der Waals surface area contributed by atoms with E-state index in [2.05, 4.69) is 167 Å². The Labute approximate surface area is 459 Å². The first-order valence-corrected chi connectivity index (χ1v) is 29.5. The van der Waals surface area contributed by atoms with Crippen molar-refractivity contribution in [2.24, 2.45) is 0 Å². The molecule has 11 nitrogen and oxygen atoms in total. The first-order valence-electron chi connectivity index (χ1n) is 28.0. The zero-order valence-corrected chi connectivity index (χ0v) is 47.5. The number of aliphatic hydroxyl groups is 1. The highest BCUT2D eigenvalue weighted by atomic mass is 31.2. The number of hydrogen-bond donors (Lipinski definition) is 2. The summed E-state index contributed by atoms with van der Waals surface area (Å²) in [6.07, 6.45) is 74.8. The minimum atomic E-state index is -4.80. The molecule has 0 rings (SSSR count). The number of carbonyl (C=O) groups is 3. The number of allylic oxidation sites excluding steroid dienone is 28. The van der Waals surface area contributed by atoms with Crippen LogP contribution in [0.3, 0.4) is 0 Å². The molecule has 0 aliphatic heterocycles. The number of rotatable bonds is 49. The Bertz CT molecular complexity index is 1920. The van der Waals surface area contributed by atoms with Crippen molar-refractivity contribution in [3.63, 3.8) is 0 Å². The minimum absolute atomic E-state index is 0.0810. The van der Waals surface area contributed by atoms with Crippen LogP contribution < -0.4 is 0 Å². The normalized spacial score (nSPS) is 14.6. The number of hydrogen-bond acceptors (Lipinski definition) is 10. The summed E-state index contributed by atoms with van der Waals surface area (Å²) in [5.74, 6) is -1.69. The molecule has 12 heteroatoms. The summed E-state index contributed by atoms with van der Waals surface area (Å²) >= 11 is 0. The molecular weight excluding hydrogens is 976 g/mol. The number of phosphoric acid groups is 1. The molecule has 0 aromatic carbocycles. The summed E-state index contributed by atoms with van der Waals surface area (Å²) in [7, 11) is -4.80. The van der Waals surface area contributed by atoms with Gasteiger partial charge in [0, 0.05) is 19.3 Å². The number of carbonyl (C=O) groups excluding carboxylic acids is 3. The molecule has 0 saturated carbocycles. The quantitative estimate of drug-likeness (QED) is 0.0197. The second kappa shape index (κ2) is 56.1. The topological polar surface area (TPSA) is 155 Å². The highest BCUT2D eigenvalue weighted by molar-refractivity contribution is 7.47.